The molecule has 98 valence electrons. The van der Waals surface area contributed by atoms with E-state index >= 15 is 0 Å². The van der Waals surface area contributed by atoms with Crippen LogP contribution in [0, 0.1) is 0 Å². The molecule has 5 nitrogen and oxygen atoms in total. The van der Waals surface area contributed by atoms with Gasteiger partial charge in [0.05, 0.1) is 6.16 Å². The van der Waals surface area contributed by atoms with Crippen molar-refractivity contribution in [3.05, 3.63) is 48.6 Å². The summed E-state index contributed by atoms with van der Waals surface area (Å²) in [5, 5.41) is 0. The molecule has 1 unspecified atom stereocenters. The first-order chi connectivity index (χ1) is 8.27. The van der Waals surface area contributed by atoms with Crippen molar-refractivity contribution in [2.24, 2.45) is 0 Å². The van der Waals surface area contributed by atoms with E-state index < -0.39 is 25.3 Å². The normalized spacial score (nSPS) is 14.6. The molecule has 0 aliphatic carbocycles. The Kier molecular flexibility index (Phi) is 4.46. The van der Waals surface area contributed by atoms with E-state index in [0.717, 1.165) is 6.08 Å². The summed E-state index contributed by atoms with van der Waals surface area (Å²) in [6, 6.07) is 8.46. The van der Waals surface area contributed by atoms with Gasteiger partial charge in [0.25, 0.3) is 0 Å². The van der Waals surface area contributed by atoms with Gasteiger partial charge in [0.15, 0.2) is 0 Å². The fourth-order valence-electron chi connectivity index (χ4n) is 1.63. The highest BCUT2D eigenvalue weighted by molar-refractivity contribution is 7.51. The summed E-state index contributed by atoms with van der Waals surface area (Å²) in [7, 11) is -4.33. The van der Waals surface area contributed by atoms with Crippen molar-refractivity contribution in [3.63, 3.8) is 0 Å². The van der Waals surface area contributed by atoms with Gasteiger partial charge >= 0.3 is 13.6 Å². The molecule has 1 atom stereocenters. The zero-order valence-corrected chi connectivity index (χ0v) is 10.8. The largest absolute Gasteiger partial charge is 0.451 e. The summed E-state index contributed by atoms with van der Waals surface area (Å²) >= 11 is 0. The predicted molar refractivity (Wildman–Crippen MR) is 67.0 cm³/mol. The van der Waals surface area contributed by atoms with Crippen LogP contribution in [0.5, 0.6) is 0 Å². The molecule has 0 bridgehead atoms. The lowest BCUT2D eigenvalue weighted by atomic mass is 9.98. The monoisotopic (exact) mass is 270 g/mol. The molecule has 6 heteroatoms. The average Bonchev–Trinajstić information content (AvgIpc) is 2.27. The highest BCUT2D eigenvalue weighted by Crippen LogP contribution is 2.43. The molecule has 2 N–H and O–H groups in total. The van der Waals surface area contributed by atoms with Crippen LogP contribution in [-0.4, -0.2) is 21.9 Å². The van der Waals surface area contributed by atoms with Gasteiger partial charge in [-0.25, -0.2) is 4.79 Å². The van der Waals surface area contributed by atoms with E-state index in [1.54, 1.807) is 30.3 Å². The molecule has 0 saturated carbocycles. The molecule has 1 aromatic rings. The molecule has 18 heavy (non-hydrogen) atoms. The zero-order valence-electron chi connectivity index (χ0n) is 9.94. The van der Waals surface area contributed by atoms with E-state index in [1.807, 2.05) is 0 Å². The van der Waals surface area contributed by atoms with E-state index in [4.69, 9.17) is 14.5 Å². The second kappa shape index (κ2) is 5.48. The lowest BCUT2D eigenvalue weighted by molar-refractivity contribution is -0.150. The van der Waals surface area contributed by atoms with Gasteiger partial charge in [-0.1, -0.05) is 36.9 Å². The van der Waals surface area contributed by atoms with Crippen molar-refractivity contribution < 1.29 is 23.9 Å². The van der Waals surface area contributed by atoms with Crippen LogP contribution >= 0.6 is 7.60 Å². The molecule has 0 aliphatic rings. The molecule has 0 radical (unpaired) electrons. The number of carbonyl (C=O) groups is 1. The minimum atomic E-state index is -4.33. The number of hydrogen-bond donors (Lipinski definition) is 2. The van der Waals surface area contributed by atoms with Crippen molar-refractivity contribution >= 4 is 13.6 Å². The van der Waals surface area contributed by atoms with Gasteiger partial charge in [0, 0.05) is 6.08 Å². The second-order valence-corrected chi connectivity index (χ2v) is 5.69. The summed E-state index contributed by atoms with van der Waals surface area (Å²) in [6.07, 6.45) is 0.379. The van der Waals surface area contributed by atoms with E-state index in [2.05, 4.69) is 6.58 Å². The maximum Gasteiger partial charge on any atom is 0.331 e. The summed E-state index contributed by atoms with van der Waals surface area (Å²) in [6.45, 7) is 4.73. The first-order valence-corrected chi connectivity index (χ1v) is 7.02. The summed E-state index contributed by atoms with van der Waals surface area (Å²) < 4.78 is 16.3. The van der Waals surface area contributed by atoms with Crippen LogP contribution < -0.4 is 0 Å². The Hall–Kier alpha value is -1.42. The number of ether oxygens (including phenoxy) is 1. The third-order valence-corrected chi connectivity index (χ3v) is 3.40. The highest BCUT2D eigenvalue weighted by Gasteiger charge is 2.37. The van der Waals surface area contributed by atoms with Crippen molar-refractivity contribution in [2.75, 3.05) is 6.16 Å². The topological polar surface area (TPSA) is 83.8 Å². The second-order valence-electron chi connectivity index (χ2n) is 4.04. The predicted octanol–water partition coefficient (Wildman–Crippen LogP) is 1.81. The van der Waals surface area contributed by atoms with Crippen molar-refractivity contribution in [1.29, 1.82) is 0 Å². The molecule has 0 spiro atoms. The van der Waals surface area contributed by atoms with Crippen molar-refractivity contribution in [2.45, 2.75) is 12.5 Å². The Bertz CT molecular complexity index is 479. The van der Waals surface area contributed by atoms with Gasteiger partial charge in [-0.2, -0.15) is 0 Å². The van der Waals surface area contributed by atoms with Gasteiger partial charge in [-0.05, 0) is 12.5 Å². The Morgan fingerprint density at radius 2 is 2.00 bits per heavy atom. The Labute approximate surface area is 105 Å². The average molecular weight is 270 g/mol. The molecule has 1 aromatic carbocycles. The van der Waals surface area contributed by atoms with Gasteiger partial charge < -0.3 is 14.5 Å². The van der Waals surface area contributed by atoms with Gasteiger partial charge in [-0.15, -0.1) is 0 Å². The summed E-state index contributed by atoms with van der Waals surface area (Å²) in [5.74, 6) is -0.727. The van der Waals surface area contributed by atoms with E-state index in [9.17, 15) is 9.36 Å². The van der Waals surface area contributed by atoms with E-state index in [1.165, 1.54) is 6.92 Å². The summed E-state index contributed by atoms with van der Waals surface area (Å²) in [5.41, 5.74) is -0.866. The first-order valence-electron chi connectivity index (χ1n) is 5.22. The molecular formula is C12H15O5P. The first kappa shape index (κ1) is 14.6. The van der Waals surface area contributed by atoms with Crippen LogP contribution in [-0.2, 0) is 19.7 Å². The SMILES string of the molecule is C=CC(=O)OC(C)(CP(=O)(O)O)c1ccccc1. The molecule has 0 heterocycles. The Morgan fingerprint density at radius 1 is 1.44 bits per heavy atom. The Balaban J connectivity index is 3.12. The maximum absolute atomic E-state index is 11.3. The van der Waals surface area contributed by atoms with Crippen LogP contribution in [0.2, 0.25) is 0 Å². The van der Waals surface area contributed by atoms with Crippen molar-refractivity contribution in [3.8, 4) is 0 Å². The number of hydrogen-bond acceptors (Lipinski definition) is 3. The van der Waals surface area contributed by atoms with Crippen LogP contribution in [0.1, 0.15) is 12.5 Å². The molecular weight excluding hydrogens is 255 g/mol. The molecule has 0 saturated heterocycles. The van der Waals surface area contributed by atoms with Gasteiger partial charge in [0.1, 0.15) is 5.60 Å². The smallest absolute Gasteiger partial charge is 0.331 e. The number of benzene rings is 1. The molecule has 0 aromatic heterocycles. The number of esters is 1. The lowest BCUT2D eigenvalue weighted by Gasteiger charge is -2.29. The fraction of sp³-hybridized carbons (Fsp3) is 0.250. The number of rotatable bonds is 5. The minimum Gasteiger partial charge on any atom is -0.451 e. The van der Waals surface area contributed by atoms with Crippen LogP contribution in [0.3, 0.4) is 0 Å². The van der Waals surface area contributed by atoms with Crippen LogP contribution in [0.4, 0.5) is 0 Å². The fourth-order valence-corrected chi connectivity index (χ4v) is 2.66. The number of carbonyl (C=O) groups excluding carboxylic acids is 1. The molecule has 0 fully saturated rings. The zero-order chi connectivity index (χ0) is 13.8. The van der Waals surface area contributed by atoms with E-state index in [-0.39, 0.29) is 0 Å². The summed E-state index contributed by atoms with van der Waals surface area (Å²) in [4.78, 5) is 29.5. The highest BCUT2D eigenvalue weighted by atomic mass is 31.2. The minimum absolute atomic E-state index is 0.517. The molecule has 1 rings (SSSR count). The van der Waals surface area contributed by atoms with Crippen molar-refractivity contribution in [1.82, 2.24) is 0 Å². The third kappa shape index (κ3) is 4.11. The molecule has 0 amide bonds. The lowest BCUT2D eigenvalue weighted by Crippen LogP contribution is -2.32. The van der Waals surface area contributed by atoms with Gasteiger partial charge in [-0.3, -0.25) is 4.57 Å². The van der Waals surface area contributed by atoms with Gasteiger partial charge in [0.2, 0.25) is 0 Å². The third-order valence-electron chi connectivity index (χ3n) is 2.38. The van der Waals surface area contributed by atoms with Crippen LogP contribution in [0.25, 0.3) is 0 Å². The molecule has 0 aliphatic heterocycles. The van der Waals surface area contributed by atoms with E-state index in [0.29, 0.717) is 5.56 Å². The maximum atomic E-state index is 11.3. The standard InChI is InChI=1S/C12H15O5P/c1-3-11(13)17-12(2,9-18(14,15)16)10-7-5-4-6-8-10/h3-8H,1,9H2,2H3,(H2,14,15,16). The quantitative estimate of drug-likeness (QED) is 0.484. The van der Waals surface area contributed by atoms with Crippen LogP contribution in [0.15, 0.2) is 43.0 Å². The Morgan fingerprint density at radius 3 is 2.44 bits per heavy atom.